The van der Waals surface area contributed by atoms with E-state index < -0.39 is 0 Å². The molecule has 0 radical (unpaired) electrons. The van der Waals surface area contributed by atoms with Crippen molar-refractivity contribution in [1.82, 2.24) is 14.8 Å². The minimum atomic E-state index is 0.294. The molecule has 4 nitrogen and oxygen atoms in total. The van der Waals surface area contributed by atoms with Gasteiger partial charge in [0.2, 0.25) is 5.91 Å². The SMILES string of the molecule is O=C(CCc1cccnc1)N1CCC2(CN(Cc3ccccc3)C2)C1. The molecule has 2 fully saturated rings. The van der Waals surface area contributed by atoms with E-state index in [2.05, 4.69) is 45.1 Å². The maximum atomic E-state index is 12.5. The first-order valence-electron chi connectivity index (χ1n) is 9.15. The molecule has 1 spiro atoms. The Balaban J connectivity index is 1.24. The molecule has 0 atom stereocenters. The van der Waals surface area contributed by atoms with Crippen LogP contribution in [0.4, 0.5) is 0 Å². The molecule has 1 amide bonds. The van der Waals surface area contributed by atoms with E-state index in [-0.39, 0.29) is 0 Å². The molecular weight excluding hydrogens is 310 g/mol. The van der Waals surface area contributed by atoms with Crippen LogP contribution in [0.5, 0.6) is 0 Å². The van der Waals surface area contributed by atoms with Crippen molar-refractivity contribution in [2.75, 3.05) is 26.2 Å². The first-order chi connectivity index (χ1) is 12.2. The molecular formula is C21H25N3O. The van der Waals surface area contributed by atoms with Crippen LogP contribution in [0.1, 0.15) is 24.0 Å². The Bertz CT molecular complexity index is 710. The third-order valence-electron chi connectivity index (χ3n) is 5.51. The molecule has 130 valence electrons. The third kappa shape index (κ3) is 3.74. The number of amides is 1. The van der Waals surface area contributed by atoms with Crippen molar-refractivity contribution in [1.29, 1.82) is 0 Å². The molecule has 0 aliphatic carbocycles. The van der Waals surface area contributed by atoms with Crippen LogP contribution in [0.15, 0.2) is 54.9 Å². The van der Waals surface area contributed by atoms with Crippen molar-refractivity contribution < 1.29 is 4.79 Å². The maximum absolute atomic E-state index is 12.5. The van der Waals surface area contributed by atoms with E-state index >= 15 is 0 Å². The van der Waals surface area contributed by atoms with Gasteiger partial charge in [0.25, 0.3) is 0 Å². The summed E-state index contributed by atoms with van der Waals surface area (Å²) >= 11 is 0. The Morgan fingerprint density at radius 1 is 1.04 bits per heavy atom. The number of aryl methyl sites for hydroxylation is 1. The van der Waals surface area contributed by atoms with Crippen LogP contribution in [0.3, 0.4) is 0 Å². The van der Waals surface area contributed by atoms with E-state index in [0.29, 0.717) is 17.7 Å². The summed E-state index contributed by atoms with van der Waals surface area (Å²) in [6, 6.07) is 14.6. The van der Waals surface area contributed by atoms with Gasteiger partial charge in [-0.2, -0.15) is 0 Å². The van der Waals surface area contributed by atoms with Gasteiger partial charge >= 0.3 is 0 Å². The quantitative estimate of drug-likeness (QED) is 0.843. The zero-order chi connectivity index (χ0) is 17.1. The Hall–Kier alpha value is -2.20. The van der Waals surface area contributed by atoms with Crippen LogP contribution in [-0.2, 0) is 17.8 Å². The molecule has 2 aliphatic rings. The van der Waals surface area contributed by atoms with Gasteiger partial charge in [0, 0.05) is 57.0 Å². The van der Waals surface area contributed by atoms with Crippen molar-refractivity contribution in [3.8, 4) is 0 Å². The van der Waals surface area contributed by atoms with Gasteiger partial charge in [0.05, 0.1) is 0 Å². The van der Waals surface area contributed by atoms with Crippen LogP contribution in [0.25, 0.3) is 0 Å². The average molecular weight is 335 g/mol. The lowest BCUT2D eigenvalue weighted by molar-refractivity contribution is -0.131. The molecule has 25 heavy (non-hydrogen) atoms. The minimum absolute atomic E-state index is 0.294. The highest BCUT2D eigenvalue weighted by molar-refractivity contribution is 5.76. The average Bonchev–Trinajstić information content (AvgIpc) is 3.07. The molecule has 0 unspecified atom stereocenters. The summed E-state index contributed by atoms with van der Waals surface area (Å²) < 4.78 is 0. The number of hydrogen-bond acceptors (Lipinski definition) is 3. The van der Waals surface area contributed by atoms with E-state index in [9.17, 15) is 4.79 Å². The lowest BCUT2D eigenvalue weighted by Crippen LogP contribution is -2.57. The molecule has 4 heteroatoms. The first kappa shape index (κ1) is 16.3. The van der Waals surface area contributed by atoms with E-state index in [0.717, 1.165) is 51.1 Å². The van der Waals surface area contributed by atoms with Crippen LogP contribution < -0.4 is 0 Å². The first-order valence-corrected chi connectivity index (χ1v) is 9.15. The summed E-state index contributed by atoms with van der Waals surface area (Å²) in [7, 11) is 0. The number of nitrogens with zero attached hydrogens (tertiary/aromatic N) is 3. The van der Waals surface area contributed by atoms with E-state index in [1.54, 1.807) is 6.20 Å². The number of benzene rings is 1. The lowest BCUT2D eigenvalue weighted by atomic mass is 9.79. The molecule has 2 aliphatic heterocycles. The van der Waals surface area contributed by atoms with E-state index in [4.69, 9.17) is 0 Å². The fourth-order valence-corrected chi connectivity index (χ4v) is 4.22. The molecule has 0 bridgehead atoms. The molecule has 3 heterocycles. The van der Waals surface area contributed by atoms with Gasteiger partial charge < -0.3 is 4.90 Å². The summed E-state index contributed by atoms with van der Waals surface area (Å²) in [4.78, 5) is 21.2. The number of hydrogen-bond donors (Lipinski definition) is 0. The molecule has 2 saturated heterocycles. The lowest BCUT2D eigenvalue weighted by Gasteiger charge is -2.48. The molecule has 0 N–H and O–H groups in total. The summed E-state index contributed by atoms with van der Waals surface area (Å²) in [5.74, 6) is 0.294. The smallest absolute Gasteiger partial charge is 0.222 e. The Kier molecular flexibility index (Phi) is 4.53. The van der Waals surface area contributed by atoms with Crippen LogP contribution in [0, 0.1) is 5.41 Å². The van der Waals surface area contributed by atoms with Crippen LogP contribution in [-0.4, -0.2) is 46.9 Å². The predicted octanol–water partition coefficient (Wildman–Crippen LogP) is 2.75. The Morgan fingerprint density at radius 3 is 2.60 bits per heavy atom. The Morgan fingerprint density at radius 2 is 1.84 bits per heavy atom. The number of pyridine rings is 1. The third-order valence-corrected chi connectivity index (χ3v) is 5.51. The fraction of sp³-hybridized carbons (Fsp3) is 0.429. The Labute approximate surface area is 149 Å². The zero-order valence-electron chi connectivity index (χ0n) is 14.6. The normalized spacial score (nSPS) is 19.1. The number of likely N-dealkylation sites (tertiary alicyclic amines) is 2. The summed E-state index contributed by atoms with van der Waals surface area (Å²) in [6.07, 6.45) is 6.15. The number of rotatable bonds is 5. The molecule has 1 aromatic carbocycles. The van der Waals surface area contributed by atoms with Crippen molar-refractivity contribution in [3.05, 3.63) is 66.0 Å². The van der Waals surface area contributed by atoms with Crippen molar-refractivity contribution >= 4 is 5.91 Å². The summed E-state index contributed by atoms with van der Waals surface area (Å²) in [5, 5.41) is 0. The van der Waals surface area contributed by atoms with Gasteiger partial charge in [-0.25, -0.2) is 0 Å². The van der Waals surface area contributed by atoms with Gasteiger partial charge in [-0.05, 0) is 30.0 Å². The number of aromatic nitrogens is 1. The van der Waals surface area contributed by atoms with Gasteiger partial charge in [-0.3, -0.25) is 14.7 Å². The molecule has 2 aromatic rings. The highest BCUT2D eigenvalue weighted by Crippen LogP contribution is 2.40. The topological polar surface area (TPSA) is 36.4 Å². The molecule has 4 rings (SSSR count). The number of carbonyl (C=O) groups excluding carboxylic acids is 1. The molecule has 0 saturated carbocycles. The van der Waals surface area contributed by atoms with Gasteiger partial charge in [0.15, 0.2) is 0 Å². The fourth-order valence-electron chi connectivity index (χ4n) is 4.22. The standard InChI is InChI=1S/C21H25N3O/c25-20(9-8-18-7-4-11-22-13-18)24-12-10-21(17-24)15-23(16-21)14-19-5-2-1-3-6-19/h1-7,11,13H,8-10,12,14-17H2. The molecule has 1 aromatic heterocycles. The predicted molar refractivity (Wildman–Crippen MR) is 97.9 cm³/mol. The second kappa shape index (κ2) is 6.96. The van der Waals surface area contributed by atoms with Gasteiger partial charge in [-0.1, -0.05) is 36.4 Å². The van der Waals surface area contributed by atoms with Crippen molar-refractivity contribution in [2.45, 2.75) is 25.8 Å². The second-order valence-electron chi connectivity index (χ2n) is 7.56. The van der Waals surface area contributed by atoms with E-state index in [1.165, 1.54) is 5.56 Å². The van der Waals surface area contributed by atoms with E-state index in [1.807, 2.05) is 18.3 Å². The summed E-state index contributed by atoms with van der Waals surface area (Å²) in [5.41, 5.74) is 2.86. The van der Waals surface area contributed by atoms with Crippen molar-refractivity contribution in [2.24, 2.45) is 5.41 Å². The largest absolute Gasteiger partial charge is 0.342 e. The van der Waals surface area contributed by atoms with Crippen LogP contribution >= 0.6 is 0 Å². The highest BCUT2D eigenvalue weighted by Gasteiger charge is 2.48. The highest BCUT2D eigenvalue weighted by atomic mass is 16.2. The monoisotopic (exact) mass is 335 g/mol. The summed E-state index contributed by atoms with van der Waals surface area (Å²) in [6.45, 7) is 5.12. The van der Waals surface area contributed by atoms with Crippen LogP contribution in [0.2, 0.25) is 0 Å². The van der Waals surface area contributed by atoms with Gasteiger partial charge in [0.1, 0.15) is 0 Å². The van der Waals surface area contributed by atoms with Crippen molar-refractivity contribution in [3.63, 3.8) is 0 Å². The maximum Gasteiger partial charge on any atom is 0.222 e. The minimum Gasteiger partial charge on any atom is -0.342 e. The number of carbonyl (C=O) groups is 1. The zero-order valence-corrected chi connectivity index (χ0v) is 14.6. The van der Waals surface area contributed by atoms with Gasteiger partial charge in [-0.15, -0.1) is 0 Å². The second-order valence-corrected chi connectivity index (χ2v) is 7.56.